The largest absolute Gasteiger partial charge is 0.495 e. The number of anilines is 3. The van der Waals surface area contributed by atoms with Crippen LogP contribution in [0.1, 0.15) is 33.5 Å². The van der Waals surface area contributed by atoms with E-state index < -0.39 is 17.6 Å². The van der Waals surface area contributed by atoms with E-state index >= 15 is 0 Å². The molecule has 218 valence electrons. The predicted octanol–water partition coefficient (Wildman–Crippen LogP) is 4.45. The van der Waals surface area contributed by atoms with E-state index in [1.54, 1.807) is 42.7 Å². The van der Waals surface area contributed by atoms with Crippen molar-refractivity contribution in [3.8, 4) is 5.75 Å². The van der Waals surface area contributed by atoms with Gasteiger partial charge >= 0.3 is 6.18 Å². The van der Waals surface area contributed by atoms with Gasteiger partial charge in [0, 0.05) is 54.0 Å². The van der Waals surface area contributed by atoms with Gasteiger partial charge in [0.1, 0.15) is 5.75 Å². The molecule has 5 N–H and O–H groups in total. The summed E-state index contributed by atoms with van der Waals surface area (Å²) in [6, 6.07) is 10.4. The van der Waals surface area contributed by atoms with Gasteiger partial charge in [-0.2, -0.15) is 13.2 Å². The Kier molecular flexibility index (Phi) is 8.74. The molecule has 0 spiro atoms. The Balaban J connectivity index is 1.58. The van der Waals surface area contributed by atoms with Crippen molar-refractivity contribution < 1.29 is 22.7 Å². The molecule has 41 heavy (non-hydrogen) atoms. The molecular formula is C29H34F3N7O2. The van der Waals surface area contributed by atoms with Crippen LogP contribution in [0.4, 0.5) is 30.2 Å². The topological polar surface area (TPSA) is 113 Å². The van der Waals surface area contributed by atoms with E-state index in [1.807, 2.05) is 25.9 Å². The molecule has 0 bridgehead atoms. The highest BCUT2D eigenvalue weighted by molar-refractivity contribution is 6.05. The number of nitrogens with one attached hydrogen (secondary N) is 1. The first kappa shape index (κ1) is 29.7. The zero-order valence-corrected chi connectivity index (χ0v) is 23.4. The van der Waals surface area contributed by atoms with Gasteiger partial charge in [-0.1, -0.05) is 6.07 Å². The Morgan fingerprint density at radius 3 is 2.56 bits per heavy atom. The first-order chi connectivity index (χ1) is 19.3. The summed E-state index contributed by atoms with van der Waals surface area (Å²) in [6.07, 6.45) is 0.849. The van der Waals surface area contributed by atoms with Crippen molar-refractivity contribution in [3.63, 3.8) is 0 Å². The normalized spacial score (nSPS) is 15.8. The van der Waals surface area contributed by atoms with Crippen LogP contribution in [-0.4, -0.2) is 56.1 Å². The summed E-state index contributed by atoms with van der Waals surface area (Å²) in [4.78, 5) is 21.3. The lowest BCUT2D eigenvalue weighted by Gasteiger charge is -2.23. The van der Waals surface area contributed by atoms with Crippen molar-refractivity contribution in [2.75, 3.05) is 49.5 Å². The molecule has 2 aromatic carbocycles. The molecule has 1 fully saturated rings. The number of ether oxygens (including phenoxy) is 1. The number of aryl methyl sites for hydroxylation is 1. The number of halogens is 3. The zero-order chi connectivity index (χ0) is 29.9. The number of nitrogens with two attached hydrogens (primary N) is 2. The van der Waals surface area contributed by atoms with E-state index in [0.29, 0.717) is 41.5 Å². The van der Waals surface area contributed by atoms with Gasteiger partial charge < -0.3 is 25.6 Å². The number of carbonyl (C=O) groups is 1. The fourth-order valence-electron chi connectivity index (χ4n) is 4.64. The maximum absolute atomic E-state index is 13.8. The Bertz CT molecular complexity index is 1440. The molecule has 3 aromatic rings. The van der Waals surface area contributed by atoms with E-state index in [0.717, 1.165) is 24.1 Å². The lowest BCUT2D eigenvalue weighted by molar-refractivity contribution is -0.137. The third-order valence-electron chi connectivity index (χ3n) is 7.07. The van der Waals surface area contributed by atoms with Crippen LogP contribution in [0.15, 0.2) is 61.1 Å². The number of hydrazine groups is 1. The SMILES string of the molecule is COc1cncc(/C(N)=C/N(N)c2cc(C(=O)Nc3cc(N4CCC(N(C)C)C4)cc(C(F)(F)F)c3)ccc2C)c1. The lowest BCUT2D eigenvalue weighted by Crippen LogP contribution is -2.31. The summed E-state index contributed by atoms with van der Waals surface area (Å²) in [6.45, 7) is 3.02. The van der Waals surface area contributed by atoms with Crippen molar-refractivity contribution in [2.45, 2.75) is 25.6 Å². The molecule has 0 aliphatic carbocycles. The van der Waals surface area contributed by atoms with Crippen molar-refractivity contribution >= 4 is 28.7 Å². The number of pyridine rings is 1. The molecule has 1 aromatic heterocycles. The summed E-state index contributed by atoms with van der Waals surface area (Å²) >= 11 is 0. The smallest absolute Gasteiger partial charge is 0.416 e. The summed E-state index contributed by atoms with van der Waals surface area (Å²) in [7, 11) is 5.41. The fraction of sp³-hybridized carbons (Fsp3) is 0.310. The number of nitrogens with zero attached hydrogens (tertiary/aromatic N) is 4. The average Bonchev–Trinajstić information content (AvgIpc) is 3.43. The fourth-order valence-corrected chi connectivity index (χ4v) is 4.64. The van der Waals surface area contributed by atoms with E-state index in [9.17, 15) is 18.0 Å². The molecule has 1 unspecified atom stereocenters. The van der Waals surface area contributed by atoms with Crippen molar-refractivity contribution in [1.82, 2.24) is 9.88 Å². The number of hydrogen-bond donors (Lipinski definition) is 3. The minimum Gasteiger partial charge on any atom is -0.495 e. The average molecular weight is 570 g/mol. The van der Waals surface area contributed by atoms with Gasteiger partial charge in [-0.25, -0.2) is 5.84 Å². The van der Waals surface area contributed by atoms with Crippen LogP contribution >= 0.6 is 0 Å². The molecule has 1 aliphatic rings. The minimum atomic E-state index is -4.57. The minimum absolute atomic E-state index is 0.0505. The Hall–Kier alpha value is -4.29. The highest BCUT2D eigenvalue weighted by Crippen LogP contribution is 2.36. The number of carbonyl (C=O) groups excluding carboxylic acids is 1. The summed E-state index contributed by atoms with van der Waals surface area (Å²) in [5.41, 5.74) is 8.18. The standard InChI is InChI=1S/C29H34F3N7O2/c1-18-5-6-19(10-27(18)39(34)17-26(33)20-9-25(41-4)15-35-14-20)28(40)36-22-11-21(29(30,31)32)12-24(13-22)38-8-7-23(16-38)37(2)3/h5-6,9-15,17,23H,7-8,16,33-34H2,1-4H3,(H,36,40)/b26-17-. The number of amides is 1. The van der Waals surface area contributed by atoms with Crippen LogP contribution in [0.2, 0.25) is 0 Å². The Morgan fingerprint density at radius 1 is 1.15 bits per heavy atom. The Labute approximate surface area is 237 Å². The molecule has 0 radical (unpaired) electrons. The van der Waals surface area contributed by atoms with Crippen molar-refractivity contribution in [1.29, 1.82) is 0 Å². The van der Waals surface area contributed by atoms with Gasteiger partial charge in [-0.15, -0.1) is 0 Å². The number of benzene rings is 2. The molecule has 1 amide bonds. The molecule has 2 heterocycles. The van der Waals surface area contributed by atoms with Gasteiger partial charge in [0.05, 0.1) is 30.3 Å². The van der Waals surface area contributed by atoms with Crippen molar-refractivity contribution in [3.05, 3.63) is 83.3 Å². The molecule has 1 aliphatic heterocycles. The molecule has 9 nitrogen and oxygen atoms in total. The second-order valence-electron chi connectivity index (χ2n) is 10.2. The van der Waals surface area contributed by atoms with Gasteiger partial charge in [0.2, 0.25) is 0 Å². The van der Waals surface area contributed by atoms with Gasteiger partial charge in [-0.05, 0) is 69.4 Å². The molecule has 1 atom stereocenters. The number of likely N-dealkylation sites (N-methyl/N-ethyl adjacent to an activating group) is 1. The van der Waals surface area contributed by atoms with Crippen LogP contribution in [0.25, 0.3) is 5.70 Å². The van der Waals surface area contributed by atoms with Crippen LogP contribution < -0.4 is 31.5 Å². The van der Waals surface area contributed by atoms with Crippen LogP contribution in [0.3, 0.4) is 0 Å². The van der Waals surface area contributed by atoms with Crippen LogP contribution in [-0.2, 0) is 6.18 Å². The van der Waals surface area contributed by atoms with Crippen LogP contribution in [0, 0.1) is 6.92 Å². The number of rotatable bonds is 8. The third kappa shape index (κ3) is 7.08. The summed E-state index contributed by atoms with van der Waals surface area (Å²) in [5.74, 6) is 6.22. The monoisotopic (exact) mass is 569 g/mol. The first-order valence-electron chi connectivity index (χ1n) is 12.9. The van der Waals surface area contributed by atoms with E-state index in [-0.39, 0.29) is 17.3 Å². The quantitative estimate of drug-likeness (QED) is 0.270. The van der Waals surface area contributed by atoms with Gasteiger partial charge in [-0.3, -0.25) is 14.8 Å². The maximum Gasteiger partial charge on any atom is 0.416 e. The van der Waals surface area contributed by atoms with E-state index in [1.165, 1.54) is 18.3 Å². The molecule has 1 saturated heterocycles. The Morgan fingerprint density at radius 2 is 1.90 bits per heavy atom. The molecular weight excluding hydrogens is 535 g/mol. The van der Waals surface area contributed by atoms with Gasteiger partial charge in [0.15, 0.2) is 0 Å². The molecule has 12 heteroatoms. The number of methoxy groups -OCH3 is 1. The molecule has 0 saturated carbocycles. The van der Waals surface area contributed by atoms with E-state index in [4.69, 9.17) is 16.3 Å². The number of alkyl halides is 3. The number of aromatic nitrogens is 1. The first-order valence-corrected chi connectivity index (χ1v) is 12.9. The van der Waals surface area contributed by atoms with Crippen LogP contribution in [0.5, 0.6) is 5.75 Å². The third-order valence-corrected chi connectivity index (χ3v) is 7.07. The second kappa shape index (κ2) is 12.1. The predicted molar refractivity (Wildman–Crippen MR) is 155 cm³/mol. The second-order valence-corrected chi connectivity index (χ2v) is 10.2. The molecule has 4 rings (SSSR count). The van der Waals surface area contributed by atoms with Gasteiger partial charge in [0.25, 0.3) is 5.91 Å². The maximum atomic E-state index is 13.8. The van der Waals surface area contributed by atoms with Crippen molar-refractivity contribution in [2.24, 2.45) is 11.6 Å². The summed E-state index contributed by atoms with van der Waals surface area (Å²) in [5, 5.41) is 3.91. The summed E-state index contributed by atoms with van der Waals surface area (Å²) < 4.78 is 46.5. The number of hydrogen-bond acceptors (Lipinski definition) is 8. The van der Waals surface area contributed by atoms with E-state index in [2.05, 4.69) is 15.2 Å². The zero-order valence-electron chi connectivity index (χ0n) is 23.4. The highest BCUT2D eigenvalue weighted by Gasteiger charge is 2.33. The lowest BCUT2D eigenvalue weighted by atomic mass is 10.1. The highest BCUT2D eigenvalue weighted by atomic mass is 19.4.